The second-order valence-corrected chi connectivity index (χ2v) is 11.7. The third-order valence-electron chi connectivity index (χ3n) is 5.23. The summed E-state index contributed by atoms with van der Waals surface area (Å²) in [6, 6.07) is 12.2. The Morgan fingerprint density at radius 2 is 1.40 bits per heavy atom. The van der Waals surface area contributed by atoms with Gasteiger partial charge in [-0.1, -0.05) is 23.2 Å². The van der Waals surface area contributed by atoms with E-state index in [0.717, 1.165) is 0 Å². The highest BCUT2D eigenvalue weighted by Crippen LogP contribution is 2.52. The molecule has 0 bridgehead atoms. The van der Waals surface area contributed by atoms with Crippen molar-refractivity contribution in [2.75, 3.05) is 6.61 Å². The summed E-state index contributed by atoms with van der Waals surface area (Å²) in [4.78, 5) is 9.28. The molecule has 1 atom stereocenters. The SMILES string of the molecule is C[C@@](C#N)(COc1cc(C#N)ccc1Oc1ccc(Cl)cc1Cl)NC(=O)c1c(SF)c(SF)c(SF)c(SF)c1SF. The lowest BCUT2D eigenvalue weighted by Gasteiger charge is -2.25. The maximum atomic E-state index is 13.9. The molecule has 0 radical (unpaired) electrons. The first kappa shape index (κ1) is 34.2. The first-order valence-electron chi connectivity index (χ1n) is 10.8. The Bertz CT molecular complexity index is 1560. The summed E-state index contributed by atoms with van der Waals surface area (Å²) >= 11 is 8.71. The van der Waals surface area contributed by atoms with Crippen molar-refractivity contribution >= 4 is 89.8 Å². The number of hydrogen-bond acceptors (Lipinski definition) is 10. The van der Waals surface area contributed by atoms with Gasteiger partial charge in [-0.25, -0.2) is 0 Å². The Labute approximate surface area is 268 Å². The molecule has 0 spiro atoms. The highest BCUT2D eigenvalue weighted by Gasteiger charge is 2.35. The van der Waals surface area contributed by atoms with Gasteiger partial charge in [-0.15, -0.1) is 0 Å². The minimum Gasteiger partial charge on any atom is -0.486 e. The standard InChI is InChI=1S/C24H12Cl2F5N3O3S5/c1-24(9-33,34-23(35)17-18(38-27)20(40-29)22(42-31)21(41-30)19(17)39-28)10-36-16-6-11(8-32)2-4-15(16)37-14-5-3-12(25)7-13(14)26/h2-7H,10H2,1H3,(H,34,35)/t24-/m1/s1. The second-order valence-electron chi connectivity index (χ2n) is 8.04. The maximum absolute atomic E-state index is 13.9. The normalized spacial score (nSPS) is 12.1. The van der Waals surface area contributed by atoms with Crippen LogP contribution in [0, 0.1) is 22.7 Å². The monoisotopic (exact) mass is 715 g/mol. The molecule has 0 saturated carbocycles. The van der Waals surface area contributed by atoms with Gasteiger partial charge < -0.3 is 14.8 Å². The van der Waals surface area contributed by atoms with Gasteiger partial charge in [-0.05, 0) is 37.3 Å². The number of carbonyl (C=O) groups excluding carboxylic acids is 1. The number of amides is 1. The minimum absolute atomic E-state index is 0.0487. The smallest absolute Gasteiger partial charge is 0.255 e. The summed E-state index contributed by atoms with van der Waals surface area (Å²) < 4.78 is 80.3. The summed E-state index contributed by atoms with van der Waals surface area (Å²) in [5.74, 6) is -1.12. The first-order valence-corrected chi connectivity index (χ1v) is 15.1. The number of nitrogens with one attached hydrogen (secondary N) is 1. The van der Waals surface area contributed by atoms with Crippen LogP contribution in [0.25, 0.3) is 0 Å². The van der Waals surface area contributed by atoms with Crippen LogP contribution in [0.15, 0.2) is 60.9 Å². The van der Waals surface area contributed by atoms with Crippen molar-refractivity contribution in [2.24, 2.45) is 0 Å². The van der Waals surface area contributed by atoms with Gasteiger partial charge in [0.2, 0.25) is 0 Å². The number of benzene rings is 3. The Balaban J connectivity index is 1.97. The van der Waals surface area contributed by atoms with Crippen LogP contribution in [-0.2, 0) is 0 Å². The van der Waals surface area contributed by atoms with Crippen LogP contribution in [0.2, 0.25) is 10.0 Å². The molecular formula is C24H12Cl2F5N3O3S5. The number of ether oxygens (including phenoxy) is 2. The molecule has 0 aliphatic heterocycles. The van der Waals surface area contributed by atoms with E-state index in [2.05, 4.69) is 5.32 Å². The van der Waals surface area contributed by atoms with Gasteiger partial charge in [-0.2, -0.15) is 30.0 Å². The van der Waals surface area contributed by atoms with Gasteiger partial charge in [0, 0.05) is 11.1 Å². The average molecular weight is 717 g/mol. The third-order valence-corrected chi connectivity index (χ3v) is 9.09. The van der Waals surface area contributed by atoms with Crippen LogP contribution in [0.5, 0.6) is 17.2 Å². The zero-order chi connectivity index (χ0) is 31.0. The fourth-order valence-electron chi connectivity index (χ4n) is 3.29. The van der Waals surface area contributed by atoms with Gasteiger partial charge in [0.25, 0.3) is 5.91 Å². The zero-order valence-electron chi connectivity index (χ0n) is 20.5. The van der Waals surface area contributed by atoms with Gasteiger partial charge in [-0.3, -0.25) is 4.79 Å². The molecule has 0 aliphatic rings. The Kier molecular flexibility index (Phi) is 12.6. The fraction of sp³-hybridized carbons (Fsp3) is 0.125. The van der Waals surface area contributed by atoms with E-state index in [1.807, 2.05) is 6.07 Å². The highest BCUT2D eigenvalue weighted by molar-refractivity contribution is 8.00. The number of nitriles is 2. The number of hydrogen-bond donors (Lipinski definition) is 1. The Hall–Kier alpha value is -2.31. The van der Waals surface area contributed by atoms with Crippen molar-refractivity contribution in [1.29, 1.82) is 10.5 Å². The summed E-state index contributed by atoms with van der Waals surface area (Å²) in [6.07, 6.45) is 0. The van der Waals surface area contributed by atoms with Crippen molar-refractivity contribution in [3.63, 3.8) is 0 Å². The summed E-state index contributed by atoms with van der Waals surface area (Å²) in [5, 5.41) is 21.9. The van der Waals surface area contributed by atoms with Crippen LogP contribution in [0.4, 0.5) is 19.4 Å². The Morgan fingerprint density at radius 3 is 1.90 bits per heavy atom. The molecule has 0 aromatic heterocycles. The molecule has 6 nitrogen and oxygen atoms in total. The van der Waals surface area contributed by atoms with Crippen molar-refractivity contribution in [3.05, 3.63) is 57.6 Å². The van der Waals surface area contributed by atoms with Crippen LogP contribution in [0.3, 0.4) is 0 Å². The molecule has 220 valence electrons. The van der Waals surface area contributed by atoms with Crippen molar-refractivity contribution < 1.29 is 33.7 Å². The van der Waals surface area contributed by atoms with Crippen LogP contribution >= 0.6 is 83.9 Å². The molecular weight excluding hydrogens is 705 g/mol. The van der Waals surface area contributed by atoms with E-state index in [1.165, 1.54) is 43.3 Å². The lowest BCUT2D eigenvalue weighted by atomic mass is 10.0. The van der Waals surface area contributed by atoms with Crippen LogP contribution < -0.4 is 14.8 Å². The van der Waals surface area contributed by atoms with E-state index in [9.17, 15) is 34.7 Å². The molecule has 1 amide bonds. The van der Waals surface area contributed by atoms with E-state index in [1.54, 1.807) is 6.07 Å². The minimum atomic E-state index is -1.93. The molecule has 18 heteroatoms. The van der Waals surface area contributed by atoms with E-state index < -0.39 is 109 Å². The van der Waals surface area contributed by atoms with E-state index in [0.29, 0.717) is 5.02 Å². The van der Waals surface area contributed by atoms with Crippen molar-refractivity contribution in [1.82, 2.24) is 5.32 Å². The van der Waals surface area contributed by atoms with E-state index >= 15 is 0 Å². The first-order chi connectivity index (χ1) is 20.1. The number of rotatable bonds is 12. The van der Waals surface area contributed by atoms with Crippen LogP contribution in [-0.4, -0.2) is 18.1 Å². The fourth-order valence-corrected chi connectivity index (χ4v) is 6.67. The van der Waals surface area contributed by atoms with Crippen molar-refractivity contribution in [3.8, 4) is 29.4 Å². The zero-order valence-corrected chi connectivity index (χ0v) is 26.1. The molecule has 3 aromatic rings. The highest BCUT2D eigenvalue weighted by atomic mass is 35.5. The summed E-state index contributed by atoms with van der Waals surface area (Å²) in [7, 11) is 0. The second kappa shape index (κ2) is 15.4. The quantitative estimate of drug-likeness (QED) is 0.183. The molecule has 0 heterocycles. The van der Waals surface area contributed by atoms with Gasteiger partial charge in [0.15, 0.2) is 17.0 Å². The number of nitrogens with zero attached hydrogens (tertiary/aromatic N) is 2. The Morgan fingerprint density at radius 1 is 0.857 bits per heavy atom. The predicted octanol–water partition coefficient (Wildman–Crippen LogP) is 10.6. The molecule has 3 rings (SSSR count). The number of carbonyl (C=O) groups is 1. The van der Waals surface area contributed by atoms with Gasteiger partial charge >= 0.3 is 0 Å². The number of halogens is 7. The molecule has 0 aliphatic carbocycles. The average Bonchev–Trinajstić information content (AvgIpc) is 2.99. The molecule has 0 fully saturated rings. The largest absolute Gasteiger partial charge is 0.486 e. The molecule has 0 saturated heterocycles. The molecule has 42 heavy (non-hydrogen) atoms. The predicted molar refractivity (Wildman–Crippen MR) is 156 cm³/mol. The van der Waals surface area contributed by atoms with Crippen LogP contribution in [0.1, 0.15) is 22.8 Å². The third kappa shape index (κ3) is 7.60. The van der Waals surface area contributed by atoms with Gasteiger partial charge in [0.05, 0.1) is 114 Å². The van der Waals surface area contributed by atoms with Crippen molar-refractivity contribution in [2.45, 2.75) is 36.9 Å². The lowest BCUT2D eigenvalue weighted by Crippen LogP contribution is -2.49. The topological polar surface area (TPSA) is 95.1 Å². The molecule has 1 N–H and O–H groups in total. The van der Waals surface area contributed by atoms with E-state index in [-0.39, 0.29) is 27.8 Å². The maximum Gasteiger partial charge on any atom is 0.255 e. The molecule has 0 unspecified atom stereocenters. The summed E-state index contributed by atoms with van der Waals surface area (Å²) in [6.45, 7) is 0.584. The molecule has 3 aromatic carbocycles. The van der Waals surface area contributed by atoms with E-state index in [4.69, 9.17) is 32.7 Å². The lowest BCUT2D eigenvalue weighted by molar-refractivity contribution is 0.0892. The van der Waals surface area contributed by atoms with Gasteiger partial charge in [0.1, 0.15) is 12.4 Å². The summed E-state index contributed by atoms with van der Waals surface area (Å²) in [5.41, 5.74) is -2.64.